The smallest absolute Gasteiger partial charge is 0.0668 e. The van der Waals surface area contributed by atoms with Gasteiger partial charge in [0.15, 0.2) is 0 Å². The van der Waals surface area contributed by atoms with Crippen LogP contribution in [0.25, 0.3) is 0 Å². The van der Waals surface area contributed by atoms with Gasteiger partial charge in [0.2, 0.25) is 0 Å². The highest BCUT2D eigenvalue weighted by Gasteiger charge is 2.58. The van der Waals surface area contributed by atoms with E-state index in [4.69, 9.17) is 11.6 Å². The summed E-state index contributed by atoms with van der Waals surface area (Å²) in [7, 11) is 0. The Morgan fingerprint density at radius 1 is 1.22 bits per heavy atom. The molecule has 2 rings (SSSR count). The molecular formula is C15H26BrClO. The molecule has 0 aromatic heterocycles. The molecule has 0 amide bonds. The van der Waals surface area contributed by atoms with Gasteiger partial charge in [-0.25, -0.2) is 0 Å². The lowest BCUT2D eigenvalue weighted by Gasteiger charge is -2.59. The van der Waals surface area contributed by atoms with Gasteiger partial charge < -0.3 is 5.11 Å². The second-order valence-corrected chi connectivity index (χ2v) is 8.85. The zero-order valence-electron chi connectivity index (χ0n) is 11.9. The van der Waals surface area contributed by atoms with Crippen molar-refractivity contribution in [2.45, 2.75) is 69.2 Å². The Morgan fingerprint density at radius 3 is 2.39 bits per heavy atom. The van der Waals surface area contributed by atoms with Gasteiger partial charge in [-0.05, 0) is 49.9 Å². The number of fused-ring (bicyclic) bond motifs is 1. The standard InChI is InChI=1S/C15H26BrClO/c1-9(2)10-5-7-14(3)11(16)6-8-15(4,18)13(14)12(10)17/h9-13,18H,5-8H2,1-4H3/t10-,11+,12-,13+,14-,15-/m1/s1. The van der Waals surface area contributed by atoms with E-state index in [0.717, 1.165) is 12.8 Å². The molecule has 3 heteroatoms. The summed E-state index contributed by atoms with van der Waals surface area (Å²) in [6.45, 7) is 8.82. The highest BCUT2D eigenvalue weighted by molar-refractivity contribution is 9.09. The molecule has 6 atom stereocenters. The first-order valence-electron chi connectivity index (χ1n) is 7.20. The van der Waals surface area contributed by atoms with Crippen LogP contribution in [0.15, 0.2) is 0 Å². The van der Waals surface area contributed by atoms with Crippen molar-refractivity contribution in [3.05, 3.63) is 0 Å². The molecule has 106 valence electrons. The van der Waals surface area contributed by atoms with Crippen LogP contribution in [0.2, 0.25) is 0 Å². The fraction of sp³-hybridized carbons (Fsp3) is 1.00. The Morgan fingerprint density at radius 2 is 1.83 bits per heavy atom. The molecule has 1 nitrogen and oxygen atoms in total. The van der Waals surface area contributed by atoms with Crippen LogP contribution in [0, 0.1) is 23.2 Å². The molecular weight excluding hydrogens is 312 g/mol. The largest absolute Gasteiger partial charge is 0.390 e. The van der Waals surface area contributed by atoms with E-state index in [1.54, 1.807) is 0 Å². The van der Waals surface area contributed by atoms with Crippen molar-refractivity contribution in [2.75, 3.05) is 0 Å². The molecule has 2 aliphatic carbocycles. The van der Waals surface area contributed by atoms with E-state index < -0.39 is 5.60 Å². The highest BCUT2D eigenvalue weighted by atomic mass is 79.9. The first kappa shape index (κ1) is 15.1. The van der Waals surface area contributed by atoms with Gasteiger partial charge in [0, 0.05) is 16.1 Å². The van der Waals surface area contributed by atoms with Crippen LogP contribution in [-0.4, -0.2) is 20.9 Å². The summed E-state index contributed by atoms with van der Waals surface area (Å²) in [5, 5.41) is 10.9. The van der Waals surface area contributed by atoms with E-state index in [0.29, 0.717) is 16.7 Å². The van der Waals surface area contributed by atoms with Crippen LogP contribution in [0.4, 0.5) is 0 Å². The SMILES string of the molecule is CC(C)[C@H]1CC[C@]2(C)[C@@H](Br)CC[C@@](C)(O)[C@H]2[C@@H]1Cl. The van der Waals surface area contributed by atoms with E-state index in [1.165, 1.54) is 12.8 Å². The van der Waals surface area contributed by atoms with Gasteiger partial charge in [-0.2, -0.15) is 0 Å². The minimum absolute atomic E-state index is 0.0964. The van der Waals surface area contributed by atoms with Crippen molar-refractivity contribution in [1.82, 2.24) is 0 Å². The van der Waals surface area contributed by atoms with Crippen LogP contribution in [0.1, 0.15) is 53.4 Å². The van der Waals surface area contributed by atoms with Gasteiger partial charge in [-0.3, -0.25) is 0 Å². The topological polar surface area (TPSA) is 20.2 Å². The fourth-order valence-corrected chi connectivity index (χ4v) is 6.13. The quantitative estimate of drug-likeness (QED) is 0.694. The Hall–Kier alpha value is 0.730. The number of aliphatic hydroxyl groups is 1. The third kappa shape index (κ3) is 2.27. The molecule has 0 bridgehead atoms. The van der Waals surface area contributed by atoms with E-state index in [9.17, 15) is 5.11 Å². The number of hydrogen-bond donors (Lipinski definition) is 1. The van der Waals surface area contributed by atoms with Crippen molar-refractivity contribution in [2.24, 2.45) is 23.2 Å². The molecule has 2 saturated carbocycles. The molecule has 0 saturated heterocycles. The van der Waals surface area contributed by atoms with E-state index in [2.05, 4.69) is 36.7 Å². The van der Waals surface area contributed by atoms with Gasteiger partial charge in [0.25, 0.3) is 0 Å². The molecule has 0 aliphatic heterocycles. The summed E-state index contributed by atoms with van der Waals surface area (Å²) in [6.07, 6.45) is 4.28. The number of rotatable bonds is 1. The molecule has 0 heterocycles. The average molecular weight is 338 g/mol. The minimum Gasteiger partial charge on any atom is -0.390 e. The summed E-state index contributed by atoms with van der Waals surface area (Å²) in [6, 6.07) is 0. The summed E-state index contributed by atoms with van der Waals surface area (Å²) in [5.41, 5.74) is -0.474. The van der Waals surface area contributed by atoms with Crippen molar-refractivity contribution < 1.29 is 5.11 Å². The Bertz CT molecular complexity index is 318. The maximum Gasteiger partial charge on any atom is 0.0668 e. The second kappa shape index (κ2) is 4.93. The summed E-state index contributed by atoms with van der Waals surface area (Å²) in [4.78, 5) is 0.490. The summed E-state index contributed by atoms with van der Waals surface area (Å²) >= 11 is 10.7. The van der Waals surface area contributed by atoms with Gasteiger partial charge in [-0.1, -0.05) is 36.7 Å². The number of alkyl halides is 2. The van der Waals surface area contributed by atoms with E-state index >= 15 is 0 Å². The molecule has 18 heavy (non-hydrogen) atoms. The summed E-state index contributed by atoms with van der Waals surface area (Å²) < 4.78 is 0. The Balaban J connectivity index is 2.35. The second-order valence-electron chi connectivity index (χ2n) is 7.24. The van der Waals surface area contributed by atoms with Gasteiger partial charge in [-0.15, -0.1) is 11.6 Å². The van der Waals surface area contributed by atoms with Crippen molar-refractivity contribution >= 4 is 27.5 Å². The third-order valence-electron chi connectivity index (χ3n) is 5.60. The first-order valence-corrected chi connectivity index (χ1v) is 8.56. The molecule has 0 radical (unpaired) electrons. The number of halogens is 2. The van der Waals surface area contributed by atoms with Crippen LogP contribution < -0.4 is 0 Å². The maximum atomic E-state index is 10.8. The predicted octanol–water partition coefficient (Wildman–Crippen LogP) is 4.59. The Labute approximate surface area is 125 Å². The molecule has 0 aromatic carbocycles. The van der Waals surface area contributed by atoms with Crippen LogP contribution in [-0.2, 0) is 0 Å². The van der Waals surface area contributed by atoms with Gasteiger partial charge in [0.1, 0.15) is 0 Å². The van der Waals surface area contributed by atoms with Crippen LogP contribution >= 0.6 is 27.5 Å². The molecule has 0 spiro atoms. The van der Waals surface area contributed by atoms with Gasteiger partial charge >= 0.3 is 0 Å². The maximum absolute atomic E-state index is 10.8. The van der Waals surface area contributed by atoms with Crippen LogP contribution in [0.5, 0.6) is 0 Å². The van der Waals surface area contributed by atoms with E-state index in [-0.39, 0.29) is 16.7 Å². The Kier molecular flexibility index (Phi) is 4.14. The average Bonchev–Trinajstić information content (AvgIpc) is 2.23. The molecule has 1 N–H and O–H groups in total. The zero-order chi connectivity index (χ0) is 13.7. The summed E-state index contributed by atoms with van der Waals surface area (Å²) in [5.74, 6) is 1.34. The fourth-order valence-electron chi connectivity index (χ4n) is 4.41. The highest BCUT2D eigenvalue weighted by Crippen LogP contribution is 2.59. The van der Waals surface area contributed by atoms with Crippen molar-refractivity contribution in [3.8, 4) is 0 Å². The van der Waals surface area contributed by atoms with E-state index in [1.807, 2.05) is 6.92 Å². The third-order valence-corrected chi connectivity index (χ3v) is 7.68. The van der Waals surface area contributed by atoms with Gasteiger partial charge in [0.05, 0.1) is 5.60 Å². The minimum atomic E-state index is -0.612. The monoisotopic (exact) mass is 336 g/mol. The number of hydrogen-bond acceptors (Lipinski definition) is 1. The first-order chi connectivity index (χ1) is 8.20. The van der Waals surface area contributed by atoms with Crippen LogP contribution in [0.3, 0.4) is 0 Å². The normalized spacial score (nSPS) is 53.3. The predicted molar refractivity (Wildman–Crippen MR) is 81.4 cm³/mol. The molecule has 2 fully saturated rings. The molecule has 0 unspecified atom stereocenters. The lowest BCUT2D eigenvalue weighted by atomic mass is 9.52. The zero-order valence-corrected chi connectivity index (χ0v) is 14.3. The molecule has 0 aromatic rings. The lowest BCUT2D eigenvalue weighted by molar-refractivity contribution is -0.119. The van der Waals surface area contributed by atoms with Crippen molar-refractivity contribution in [3.63, 3.8) is 0 Å². The lowest BCUT2D eigenvalue weighted by Crippen LogP contribution is -2.60. The van der Waals surface area contributed by atoms with Crippen molar-refractivity contribution in [1.29, 1.82) is 0 Å². The molecule has 2 aliphatic rings.